The third-order valence-corrected chi connectivity index (χ3v) is 4.11. The minimum atomic E-state index is 0.620. The summed E-state index contributed by atoms with van der Waals surface area (Å²) in [4.78, 5) is 5.59. The van der Waals surface area contributed by atoms with Crippen LogP contribution in [0.5, 0.6) is 0 Å². The molecule has 0 amide bonds. The van der Waals surface area contributed by atoms with Crippen LogP contribution in [0.1, 0.15) is 31.6 Å². The highest BCUT2D eigenvalue weighted by Gasteiger charge is 2.30. The van der Waals surface area contributed by atoms with Crippen molar-refractivity contribution in [2.45, 2.75) is 39.2 Å². The van der Waals surface area contributed by atoms with Gasteiger partial charge in [0.05, 0.1) is 5.51 Å². The van der Waals surface area contributed by atoms with Crippen LogP contribution >= 0.6 is 11.3 Å². The molecule has 0 spiro atoms. The van der Waals surface area contributed by atoms with Crippen molar-refractivity contribution in [1.82, 2.24) is 10.3 Å². The molecule has 1 fully saturated rings. The van der Waals surface area contributed by atoms with Gasteiger partial charge in [-0.2, -0.15) is 0 Å². The zero-order chi connectivity index (χ0) is 10.7. The van der Waals surface area contributed by atoms with Crippen LogP contribution in [-0.2, 0) is 6.42 Å². The maximum absolute atomic E-state index is 4.14. The molecule has 1 aliphatic rings. The van der Waals surface area contributed by atoms with Gasteiger partial charge in [0.1, 0.15) is 0 Å². The Morgan fingerprint density at radius 3 is 2.80 bits per heavy atom. The van der Waals surface area contributed by atoms with Gasteiger partial charge in [0.25, 0.3) is 0 Å². The van der Waals surface area contributed by atoms with E-state index in [4.69, 9.17) is 0 Å². The lowest BCUT2D eigenvalue weighted by Gasteiger charge is -2.37. The molecule has 1 heterocycles. The van der Waals surface area contributed by atoms with Crippen molar-refractivity contribution in [2.24, 2.45) is 11.8 Å². The van der Waals surface area contributed by atoms with Gasteiger partial charge in [0.15, 0.2) is 0 Å². The van der Waals surface area contributed by atoms with Gasteiger partial charge in [-0.05, 0) is 37.6 Å². The molecular weight excluding hydrogens is 204 g/mol. The van der Waals surface area contributed by atoms with Crippen LogP contribution in [0.15, 0.2) is 11.7 Å². The molecule has 0 saturated heterocycles. The van der Waals surface area contributed by atoms with Gasteiger partial charge >= 0.3 is 0 Å². The molecule has 1 aromatic rings. The highest BCUT2D eigenvalue weighted by Crippen LogP contribution is 2.36. The Bertz CT molecular complexity index is 282. The van der Waals surface area contributed by atoms with Crippen LogP contribution in [0.4, 0.5) is 0 Å². The van der Waals surface area contributed by atoms with Gasteiger partial charge in [0.2, 0.25) is 0 Å². The fraction of sp³-hybridized carbons (Fsp3) is 0.750. The van der Waals surface area contributed by atoms with E-state index in [9.17, 15) is 0 Å². The minimum absolute atomic E-state index is 0.620. The van der Waals surface area contributed by atoms with E-state index < -0.39 is 0 Å². The van der Waals surface area contributed by atoms with E-state index in [1.54, 1.807) is 11.3 Å². The van der Waals surface area contributed by atoms with Gasteiger partial charge in [0, 0.05) is 17.1 Å². The molecule has 2 rings (SSSR count). The van der Waals surface area contributed by atoms with E-state index in [2.05, 4.69) is 24.1 Å². The SMILES string of the molecule is CC(C)NCC1CCC1Cc1cncs1. The Hall–Kier alpha value is -0.410. The molecule has 0 radical (unpaired) electrons. The number of nitrogens with zero attached hydrogens (tertiary/aromatic N) is 1. The summed E-state index contributed by atoms with van der Waals surface area (Å²) in [7, 11) is 0. The van der Waals surface area contributed by atoms with Crippen LogP contribution in [-0.4, -0.2) is 17.6 Å². The predicted octanol–water partition coefficient (Wildman–Crippen LogP) is 2.71. The van der Waals surface area contributed by atoms with Gasteiger partial charge in [-0.1, -0.05) is 13.8 Å². The molecule has 0 bridgehead atoms. The van der Waals surface area contributed by atoms with E-state index >= 15 is 0 Å². The van der Waals surface area contributed by atoms with E-state index in [0.29, 0.717) is 6.04 Å². The molecule has 3 heteroatoms. The molecule has 0 aromatic carbocycles. The lowest BCUT2D eigenvalue weighted by Crippen LogP contribution is -2.38. The quantitative estimate of drug-likeness (QED) is 0.832. The maximum Gasteiger partial charge on any atom is 0.0794 e. The summed E-state index contributed by atoms with van der Waals surface area (Å²) < 4.78 is 0. The van der Waals surface area contributed by atoms with Crippen LogP contribution in [0.25, 0.3) is 0 Å². The van der Waals surface area contributed by atoms with Crippen LogP contribution in [0.3, 0.4) is 0 Å². The molecule has 1 aromatic heterocycles. The van der Waals surface area contributed by atoms with Crippen molar-refractivity contribution in [2.75, 3.05) is 6.54 Å². The van der Waals surface area contributed by atoms with Gasteiger partial charge < -0.3 is 5.32 Å². The van der Waals surface area contributed by atoms with E-state index in [0.717, 1.165) is 11.8 Å². The Morgan fingerprint density at radius 2 is 2.27 bits per heavy atom. The molecule has 2 atom stereocenters. The van der Waals surface area contributed by atoms with Crippen molar-refractivity contribution < 1.29 is 0 Å². The molecule has 0 aliphatic heterocycles. The molecule has 1 aliphatic carbocycles. The van der Waals surface area contributed by atoms with Crippen molar-refractivity contribution >= 4 is 11.3 Å². The summed E-state index contributed by atoms with van der Waals surface area (Å²) in [5.74, 6) is 1.80. The van der Waals surface area contributed by atoms with Gasteiger partial charge in [-0.15, -0.1) is 11.3 Å². The predicted molar refractivity (Wildman–Crippen MR) is 65.2 cm³/mol. The van der Waals surface area contributed by atoms with Crippen LogP contribution in [0.2, 0.25) is 0 Å². The highest BCUT2D eigenvalue weighted by atomic mass is 32.1. The fourth-order valence-electron chi connectivity index (χ4n) is 2.16. The zero-order valence-electron chi connectivity index (χ0n) is 9.57. The van der Waals surface area contributed by atoms with Crippen molar-refractivity contribution in [3.8, 4) is 0 Å². The Morgan fingerprint density at radius 1 is 1.47 bits per heavy atom. The smallest absolute Gasteiger partial charge is 0.0794 e. The zero-order valence-corrected chi connectivity index (χ0v) is 10.4. The standard InChI is InChI=1S/C12H20N2S/c1-9(2)14-6-11-4-3-10(11)5-12-7-13-8-15-12/h7-11,14H,3-6H2,1-2H3. The third-order valence-electron chi connectivity index (χ3n) is 3.31. The number of hydrogen-bond donors (Lipinski definition) is 1. The van der Waals surface area contributed by atoms with Crippen molar-refractivity contribution in [3.05, 3.63) is 16.6 Å². The van der Waals surface area contributed by atoms with Crippen molar-refractivity contribution in [3.63, 3.8) is 0 Å². The molecule has 2 unspecified atom stereocenters. The number of nitrogens with one attached hydrogen (secondary N) is 1. The molecule has 84 valence electrons. The van der Waals surface area contributed by atoms with Crippen LogP contribution < -0.4 is 5.32 Å². The molecule has 2 nitrogen and oxygen atoms in total. The van der Waals surface area contributed by atoms with Crippen molar-refractivity contribution in [1.29, 1.82) is 0 Å². The number of thiazole rings is 1. The average Bonchev–Trinajstić information content (AvgIpc) is 2.64. The topological polar surface area (TPSA) is 24.9 Å². The first kappa shape index (κ1) is 11.1. The number of rotatable bonds is 5. The Labute approximate surface area is 96.1 Å². The summed E-state index contributed by atoms with van der Waals surface area (Å²) in [5, 5.41) is 3.54. The van der Waals surface area contributed by atoms with E-state index in [1.807, 2.05) is 11.7 Å². The van der Waals surface area contributed by atoms with Crippen LogP contribution in [0, 0.1) is 11.8 Å². The summed E-state index contributed by atoms with van der Waals surface area (Å²) >= 11 is 1.80. The second kappa shape index (κ2) is 5.08. The number of hydrogen-bond acceptors (Lipinski definition) is 3. The molecule has 1 saturated carbocycles. The van der Waals surface area contributed by atoms with Gasteiger partial charge in [-0.25, -0.2) is 0 Å². The van der Waals surface area contributed by atoms with Gasteiger partial charge in [-0.3, -0.25) is 4.98 Å². The largest absolute Gasteiger partial charge is 0.314 e. The van der Waals surface area contributed by atoms with E-state index in [1.165, 1.54) is 30.7 Å². The molecule has 1 N–H and O–H groups in total. The average molecular weight is 224 g/mol. The normalized spacial score (nSPS) is 25.5. The Kier molecular flexibility index (Phi) is 3.76. The lowest BCUT2D eigenvalue weighted by atomic mass is 9.71. The number of aromatic nitrogens is 1. The summed E-state index contributed by atoms with van der Waals surface area (Å²) in [5.41, 5.74) is 1.94. The monoisotopic (exact) mass is 224 g/mol. The second-order valence-corrected chi connectivity index (χ2v) is 5.80. The first-order valence-electron chi connectivity index (χ1n) is 5.86. The summed E-state index contributed by atoms with van der Waals surface area (Å²) in [6.45, 7) is 5.63. The molecular formula is C12H20N2S. The highest BCUT2D eigenvalue weighted by molar-refractivity contribution is 7.09. The fourth-order valence-corrected chi connectivity index (χ4v) is 2.85. The Balaban J connectivity index is 1.74. The second-order valence-electron chi connectivity index (χ2n) is 4.83. The first-order chi connectivity index (χ1) is 7.25. The third kappa shape index (κ3) is 3.02. The minimum Gasteiger partial charge on any atom is -0.314 e. The summed E-state index contributed by atoms with van der Waals surface area (Å²) in [6.07, 6.45) is 6.08. The molecule has 15 heavy (non-hydrogen) atoms. The first-order valence-corrected chi connectivity index (χ1v) is 6.74. The summed E-state index contributed by atoms with van der Waals surface area (Å²) in [6, 6.07) is 0.620. The van der Waals surface area contributed by atoms with E-state index in [-0.39, 0.29) is 0 Å². The maximum atomic E-state index is 4.14. The lowest BCUT2D eigenvalue weighted by molar-refractivity contribution is 0.168.